The number of anilines is 1. The Morgan fingerprint density at radius 1 is 1.00 bits per heavy atom. The molecule has 1 heterocycles. The SMILES string of the molecule is Nc1nc2ccccc2nc1-c1cccc([N+](=O)[O-])c1. The van der Waals surface area contributed by atoms with E-state index in [0.29, 0.717) is 22.3 Å². The first-order chi connectivity index (χ1) is 9.65. The smallest absolute Gasteiger partial charge is 0.270 e. The van der Waals surface area contributed by atoms with E-state index < -0.39 is 4.92 Å². The monoisotopic (exact) mass is 266 g/mol. The molecule has 98 valence electrons. The molecule has 20 heavy (non-hydrogen) atoms. The van der Waals surface area contributed by atoms with Gasteiger partial charge in [0.15, 0.2) is 5.82 Å². The molecular weight excluding hydrogens is 256 g/mol. The van der Waals surface area contributed by atoms with Gasteiger partial charge >= 0.3 is 0 Å². The van der Waals surface area contributed by atoms with Crippen molar-refractivity contribution in [3.8, 4) is 11.3 Å². The summed E-state index contributed by atoms with van der Waals surface area (Å²) in [7, 11) is 0. The maximum absolute atomic E-state index is 10.8. The zero-order valence-corrected chi connectivity index (χ0v) is 10.4. The highest BCUT2D eigenvalue weighted by Gasteiger charge is 2.12. The molecule has 6 nitrogen and oxygen atoms in total. The molecule has 2 N–H and O–H groups in total. The van der Waals surface area contributed by atoms with Crippen molar-refractivity contribution in [2.75, 3.05) is 5.73 Å². The summed E-state index contributed by atoms with van der Waals surface area (Å²) in [6.07, 6.45) is 0. The van der Waals surface area contributed by atoms with Gasteiger partial charge in [-0.1, -0.05) is 24.3 Å². The molecule has 0 atom stereocenters. The number of para-hydroxylation sites is 2. The Morgan fingerprint density at radius 2 is 1.70 bits per heavy atom. The predicted octanol–water partition coefficient (Wildman–Crippen LogP) is 2.79. The number of nitro groups is 1. The Labute approximate surface area is 114 Å². The van der Waals surface area contributed by atoms with E-state index in [0.717, 1.165) is 0 Å². The average Bonchev–Trinajstić information content (AvgIpc) is 2.46. The van der Waals surface area contributed by atoms with Gasteiger partial charge in [-0.15, -0.1) is 0 Å². The Hall–Kier alpha value is -3.02. The Bertz CT molecular complexity index is 817. The Kier molecular flexibility index (Phi) is 2.76. The van der Waals surface area contributed by atoms with Gasteiger partial charge in [0.2, 0.25) is 0 Å². The minimum absolute atomic E-state index is 0.00291. The molecule has 0 aliphatic carbocycles. The van der Waals surface area contributed by atoms with Crippen LogP contribution in [0.15, 0.2) is 48.5 Å². The minimum Gasteiger partial charge on any atom is -0.382 e. The van der Waals surface area contributed by atoms with Crippen LogP contribution in [0.4, 0.5) is 11.5 Å². The van der Waals surface area contributed by atoms with Crippen LogP contribution in [0.1, 0.15) is 0 Å². The second-order valence-electron chi connectivity index (χ2n) is 4.25. The fourth-order valence-corrected chi connectivity index (χ4v) is 1.99. The fourth-order valence-electron chi connectivity index (χ4n) is 1.99. The van der Waals surface area contributed by atoms with Crippen LogP contribution in [-0.4, -0.2) is 14.9 Å². The number of hydrogen-bond donors (Lipinski definition) is 1. The largest absolute Gasteiger partial charge is 0.382 e. The first kappa shape index (κ1) is 12.0. The second kappa shape index (κ2) is 4.58. The predicted molar refractivity (Wildman–Crippen MR) is 76.0 cm³/mol. The van der Waals surface area contributed by atoms with Gasteiger partial charge in [0, 0.05) is 17.7 Å². The second-order valence-corrected chi connectivity index (χ2v) is 4.25. The summed E-state index contributed by atoms with van der Waals surface area (Å²) in [4.78, 5) is 19.1. The van der Waals surface area contributed by atoms with E-state index in [1.807, 2.05) is 24.3 Å². The third-order valence-electron chi connectivity index (χ3n) is 2.93. The molecule has 0 radical (unpaired) electrons. The number of benzene rings is 2. The summed E-state index contributed by atoms with van der Waals surface area (Å²) < 4.78 is 0. The Balaban J connectivity index is 2.21. The van der Waals surface area contributed by atoms with Gasteiger partial charge < -0.3 is 5.73 Å². The third kappa shape index (κ3) is 2.03. The van der Waals surface area contributed by atoms with Crippen LogP contribution < -0.4 is 5.73 Å². The maximum atomic E-state index is 10.8. The van der Waals surface area contributed by atoms with E-state index in [1.165, 1.54) is 12.1 Å². The van der Waals surface area contributed by atoms with E-state index in [-0.39, 0.29) is 11.5 Å². The van der Waals surface area contributed by atoms with E-state index in [1.54, 1.807) is 12.1 Å². The van der Waals surface area contributed by atoms with E-state index >= 15 is 0 Å². The number of non-ortho nitro benzene ring substituents is 1. The molecular formula is C14H10N4O2. The van der Waals surface area contributed by atoms with Crippen molar-refractivity contribution in [3.05, 3.63) is 58.6 Å². The lowest BCUT2D eigenvalue weighted by molar-refractivity contribution is -0.384. The van der Waals surface area contributed by atoms with Gasteiger partial charge in [-0.2, -0.15) is 0 Å². The van der Waals surface area contributed by atoms with Crippen LogP contribution in [0, 0.1) is 10.1 Å². The summed E-state index contributed by atoms with van der Waals surface area (Å²) in [6, 6.07) is 13.5. The van der Waals surface area contributed by atoms with Gasteiger partial charge in [0.05, 0.1) is 16.0 Å². The molecule has 0 spiro atoms. The minimum atomic E-state index is -0.450. The number of nitrogens with two attached hydrogens (primary N) is 1. The molecule has 2 aromatic carbocycles. The third-order valence-corrected chi connectivity index (χ3v) is 2.93. The van der Waals surface area contributed by atoms with Crippen LogP contribution in [-0.2, 0) is 0 Å². The maximum Gasteiger partial charge on any atom is 0.270 e. The highest BCUT2D eigenvalue weighted by atomic mass is 16.6. The van der Waals surface area contributed by atoms with Crippen LogP contribution in [0.25, 0.3) is 22.3 Å². The first-order valence-electron chi connectivity index (χ1n) is 5.92. The first-order valence-corrected chi connectivity index (χ1v) is 5.92. The molecule has 6 heteroatoms. The molecule has 0 amide bonds. The lowest BCUT2D eigenvalue weighted by Gasteiger charge is -2.06. The highest BCUT2D eigenvalue weighted by Crippen LogP contribution is 2.27. The molecule has 0 saturated heterocycles. The molecule has 0 unspecified atom stereocenters. The van der Waals surface area contributed by atoms with Crippen molar-refractivity contribution in [1.29, 1.82) is 0 Å². The zero-order chi connectivity index (χ0) is 14.1. The average molecular weight is 266 g/mol. The number of nitrogens with zero attached hydrogens (tertiary/aromatic N) is 3. The lowest BCUT2D eigenvalue weighted by Crippen LogP contribution is -1.98. The van der Waals surface area contributed by atoms with Crippen LogP contribution in [0.2, 0.25) is 0 Å². The molecule has 0 saturated carbocycles. The molecule has 3 aromatic rings. The summed E-state index contributed by atoms with van der Waals surface area (Å²) in [5.74, 6) is 0.254. The van der Waals surface area contributed by atoms with E-state index in [9.17, 15) is 10.1 Å². The fraction of sp³-hybridized carbons (Fsp3) is 0. The van der Waals surface area contributed by atoms with Gasteiger partial charge in [-0.05, 0) is 12.1 Å². The molecule has 0 bridgehead atoms. The van der Waals surface area contributed by atoms with Crippen molar-refractivity contribution in [2.45, 2.75) is 0 Å². The summed E-state index contributed by atoms with van der Waals surface area (Å²) in [6.45, 7) is 0. The van der Waals surface area contributed by atoms with Crippen molar-refractivity contribution < 1.29 is 4.92 Å². The summed E-state index contributed by atoms with van der Waals surface area (Å²) >= 11 is 0. The number of nitrogen functional groups attached to an aromatic ring is 1. The quantitative estimate of drug-likeness (QED) is 0.568. The van der Waals surface area contributed by atoms with Gasteiger partial charge in [-0.25, -0.2) is 9.97 Å². The normalized spacial score (nSPS) is 10.6. The summed E-state index contributed by atoms with van der Waals surface area (Å²) in [5, 5.41) is 10.8. The molecule has 1 aromatic heterocycles. The highest BCUT2D eigenvalue weighted by molar-refractivity contribution is 5.82. The summed E-state index contributed by atoms with van der Waals surface area (Å²) in [5.41, 5.74) is 8.32. The standard InChI is InChI=1S/C14H10N4O2/c15-14-13(9-4-3-5-10(8-9)18(19)20)16-11-6-1-2-7-12(11)17-14/h1-8H,(H2,15,17). The van der Waals surface area contributed by atoms with Crippen molar-refractivity contribution in [2.24, 2.45) is 0 Å². The van der Waals surface area contributed by atoms with Crippen LogP contribution in [0.3, 0.4) is 0 Å². The Morgan fingerprint density at radius 3 is 2.40 bits per heavy atom. The topological polar surface area (TPSA) is 94.9 Å². The van der Waals surface area contributed by atoms with Crippen molar-refractivity contribution in [1.82, 2.24) is 9.97 Å². The van der Waals surface area contributed by atoms with E-state index in [2.05, 4.69) is 9.97 Å². The van der Waals surface area contributed by atoms with Crippen LogP contribution in [0.5, 0.6) is 0 Å². The lowest BCUT2D eigenvalue weighted by atomic mass is 10.1. The van der Waals surface area contributed by atoms with Gasteiger partial charge in [-0.3, -0.25) is 10.1 Å². The van der Waals surface area contributed by atoms with Crippen molar-refractivity contribution in [3.63, 3.8) is 0 Å². The number of nitro benzene ring substituents is 1. The molecule has 0 fully saturated rings. The zero-order valence-electron chi connectivity index (χ0n) is 10.4. The number of aromatic nitrogens is 2. The number of hydrogen-bond acceptors (Lipinski definition) is 5. The van der Waals surface area contributed by atoms with Gasteiger partial charge in [0.1, 0.15) is 5.69 Å². The molecule has 0 aliphatic heterocycles. The van der Waals surface area contributed by atoms with Crippen LogP contribution >= 0.6 is 0 Å². The molecule has 3 rings (SSSR count). The van der Waals surface area contributed by atoms with E-state index in [4.69, 9.17) is 5.73 Å². The van der Waals surface area contributed by atoms with Gasteiger partial charge in [0.25, 0.3) is 5.69 Å². The van der Waals surface area contributed by atoms with Crippen molar-refractivity contribution >= 4 is 22.5 Å². The number of fused-ring (bicyclic) bond motifs is 1. The molecule has 0 aliphatic rings. The number of rotatable bonds is 2.